The molecule has 0 aliphatic rings. The summed E-state index contributed by atoms with van der Waals surface area (Å²) in [7, 11) is 0. The normalized spacial score (nSPS) is 12.4. The Morgan fingerprint density at radius 1 is 1.50 bits per heavy atom. The second-order valence-corrected chi connectivity index (χ2v) is 6.39. The lowest BCUT2D eigenvalue weighted by Gasteiger charge is -2.15. The standard InChI is InChI=1S/C13H13Cl3N2O2/c1-3-8(2)20-10-4-5-11(9(6-10)7-17)18-12(19)13(14,15)16/h4-6,8H,3H2,1-2H3,(H,18,19)/t8-/m0/s1. The Bertz CT molecular complexity index is 535. The highest BCUT2D eigenvalue weighted by Crippen LogP contribution is 2.29. The average molecular weight is 336 g/mol. The van der Waals surface area contributed by atoms with Crippen LogP contribution in [0.2, 0.25) is 0 Å². The molecule has 0 aliphatic carbocycles. The molecule has 0 aliphatic heterocycles. The van der Waals surface area contributed by atoms with E-state index in [2.05, 4.69) is 5.32 Å². The summed E-state index contributed by atoms with van der Waals surface area (Å²) < 4.78 is 3.51. The second-order valence-electron chi connectivity index (χ2n) is 4.11. The quantitative estimate of drug-likeness (QED) is 0.845. The number of halogens is 3. The van der Waals surface area contributed by atoms with Crippen molar-refractivity contribution in [3.05, 3.63) is 23.8 Å². The molecule has 0 heterocycles. The molecule has 1 atom stereocenters. The molecular formula is C13H13Cl3N2O2. The average Bonchev–Trinajstić information content (AvgIpc) is 2.39. The second kappa shape index (κ2) is 7.03. The molecule has 20 heavy (non-hydrogen) atoms. The predicted molar refractivity (Wildman–Crippen MR) is 80.5 cm³/mol. The number of ether oxygens (including phenoxy) is 1. The van der Waals surface area contributed by atoms with Crippen LogP contribution in [-0.4, -0.2) is 15.8 Å². The molecule has 1 aromatic rings. The van der Waals surface area contributed by atoms with E-state index >= 15 is 0 Å². The fraction of sp³-hybridized carbons (Fsp3) is 0.385. The number of nitriles is 1. The van der Waals surface area contributed by atoms with Crippen LogP contribution in [0.1, 0.15) is 25.8 Å². The number of hydrogen-bond donors (Lipinski definition) is 1. The zero-order chi connectivity index (χ0) is 15.3. The van der Waals surface area contributed by atoms with E-state index in [4.69, 9.17) is 44.8 Å². The van der Waals surface area contributed by atoms with Crippen molar-refractivity contribution in [1.29, 1.82) is 5.26 Å². The molecule has 0 bridgehead atoms. The highest BCUT2D eigenvalue weighted by atomic mass is 35.6. The SMILES string of the molecule is CC[C@H](C)Oc1ccc(NC(=O)C(Cl)(Cl)Cl)c(C#N)c1. The monoisotopic (exact) mass is 334 g/mol. The highest BCUT2D eigenvalue weighted by molar-refractivity contribution is 6.76. The predicted octanol–water partition coefficient (Wildman–Crippen LogP) is 4.04. The summed E-state index contributed by atoms with van der Waals surface area (Å²) in [4.78, 5) is 11.6. The van der Waals surface area contributed by atoms with Crippen LogP contribution in [0.25, 0.3) is 0 Å². The van der Waals surface area contributed by atoms with Crippen molar-refractivity contribution in [3.63, 3.8) is 0 Å². The maximum atomic E-state index is 11.6. The van der Waals surface area contributed by atoms with Gasteiger partial charge in [0.1, 0.15) is 11.8 Å². The van der Waals surface area contributed by atoms with Crippen LogP contribution in [0, 0.1) is 11.3 Å². The lowest BCUT2D eigenvalue weighted by atomic mass is 10.2. The van der Waals surface area contributed by atoms with Gasteiger partial charge < -0.3 is 10.1 Å². The van der Waals surface area contributed by atoms with Crippen molar-refractivity contribution < 1.29 is 9.53 Å². The van der Waals surface area contributed by atoms with E-state index < -0.39 is 9.70 Å². The Labute approximate surface area is 132 Å². The van der Waals surface area contributed by atoms with Gasteiger partial charge in [0.25, 0.3) is 9.70 Å². The van der Waals surface area contributed by atoms with Gasteiger partial charge in [0.05, 0.1) is 17.4 Å². The van der Waals surface area contributed by atoms with Crippen LogP contribution in [0.15, 0.2) is 18.2 Å². The fourth-order valence-corrected chi connectivity index (χ4v) is 1.45. The molecular weight excluding hydrogens is 323 g/mol. The van der Waals surface area contributed by atoms with Crippen molar-refractivity contribution in [2.45, 2.75) is 30.2 Å². The third-order valence-electron chi connectivity index (χ3n) is 2.53. The highest BCUT2D eigenvalue weighted by Gasteiger charge is 2.31. The van der Waals surface area contributed by atoms with Crippen LogP contribution in [0.3, 0.4) is 0 Å². The van der Waals surface area contributed by atoms with Crippen molar-refractivity contribution >= 4 is 46.4 Å². The first-order valence-electron chi connectivity index (χ1n) is 5.87. The minimum absolute atomic E-state index is 0.0307. The van der Waals surface area contributed by atoms with Gasteiger partial charge in [-0.25, -0.2) is 0 Å². The van der Waals surface area contributed by atoms with Gasteiger partial charge in [-0.1, -0.05) is 41.7 Å². The summed E-state index contributed by atoms with van der Waals surface area (Å²) in [5.41, 5.74) is 0.494. The largest absolute Gasteiger partial charge is 0.491 e. The van der Waals surface area contributed by atoms with E-state index in [9.17, 15) is 4.79 Å². The van der Waals surface area contributed by atoms with E-state index in [1.54, 1.807) is 6.07 Å². The maximum absolute atomic E-state index is 11.6. The number of nitrogens with one attached hydrogen (secondary N) is 1. The summed E-state index contributed by atoms with van der Waals surface area (Å²) in [6.45, 7) is 3.91. The molecule has 0 radical (unpaired) electrons. The van der Waals surface area contributed by atoms with Crippen LogP contribution in [-0.2, 0) is 4.79 Å². The zero-order valence-corrected chi connectivity index (χ0v) is 13.2. The third-order valence-corrected chi connectivity index (χ3v) is 3.04. The first-order valence-corrected chi connectivity index (χ1v) is 7.00. The van der Waals surface area contributed by atoms with Gasteiger partial charge in [0.2, 0.25) is 0 Å². The molecule has 1 amide bonds. The zero-order valence-electron chi connectivity index (χ0n) is 10.9. The van der Waals surface area contributed by atoms with Crippen LogP contribution in [0.4, 0.5) is 5.69 Å². The van der Waals surface area contributed by atoms with Gasteiger partial charge >= 0.3 is 0 Å². The van der Waals surface area contributed by atoms with Crippen LogP contribution in [0.5, 0.6) is 5.75 Å². The smallest absolute Gasteiger partial charge is 0.276 e. The number of alkyl halides is 3. The number of carbonyl (C=O) groups excluding carboxylic acids is 1. The van der Waals surface area contributed by atoms with Gasteiger partial charge in [-0.2, -0.15) is 5.26 Å². The molecule has 4 nitrogen and oxygen atoms in total. The van der Waals surface area contributed by atoms with Crippen molar-refractivity contribution in [2.75, 3.05) is 5.32 Å². The van der Waals surface area contributed by atoms with E-state index in [-0.39, 0.29) is 17.4 Å². The lowest BCUT2D eigenvalue weighted by Crippen LogP contribution is -2.27. The fourth-order valence-electron chi connectivity index (χ4n) is 1.31. The number of amides is 1. The van der Waals surface area contributed by atoms with E-state index in [1.807, 2.05) is 19.9 Å². The Balaban J connectivity index is 2.95. The molecule has 108 valence electrons. The summed E-state index contributed by atoms with van der Waals surface area (Å²) in [6.07, 6.45) is 0.872. The minimum atomic E-state index is -2.08. The molecule has 7 heteroatoms. The summed E-state index contributed by atoms with van der Waals surface area (Å²) in [5.74, 6) is -0.280. The molecule has 0 fully saturated rings. The Hall–Kier alpha value is -1.15. The molecule has 0 saturated heterocycles. The number of anilines is 1. The van der Waals surface area contributed by atoms with Gasteiger partial charge in [0, 0.05) is 6.07 Å². The molecule has 0 unspecified atom stereocenters. The van der Waals surface area contributed by atoms with Gasteiger partial charge in [-0.3, -0.25) is 4.79 Å². The van der Waals surface area contributed by atoms with Gasteiger partial charge in [0.15, 0.2) is 0 Å². The van der Waals surface area contributed by atoms with E-state index in [0.29, 0.717) is 5.75 Å². The van der Waals surface area contributed by atoms with Crippen molar-refractivity contribution in [3.8, 4) is 11.8 Å². The Kier molecular flexibility index (Phi) is 5.94. The molecule has 0 saturated carbocycles. The number of benzene rings is 1. The van der Waals surface area contributed by atoms with E-state index in [0.717, 1.165) is 6.42 Å². The van der Waals surface area contributed by atoms with Crippen LogP contribution < -0.4 is 10.1 Å². The third kappa shape index (κ3) is 4.75. The Morgan fingerprint density at radius 2 is 2.15 bits per heavy atom. The van der Waals surface area contributed by atoms with Gasteiger partial charge in [-0.05, 0) is 25.5 Å². The number of carbonyl (C=O) groups is 1. The number of rotatable bonds is 4. The topological polar surface area (TPSA) is 62.1 Å². The Morgan fingerprint density at radius 3 is 2.65 bits per heavy atom. The molecule has 0 spiro atoms. The van der Waals surface area contributed by atoms with Crippen molar-refractivity contribution in [2.24, 2.45) is 0 Å². The summed E-state index contributed by atoms with van der Waals surface area (Å²) >= 11 is 16.4. The molecule has 1 N–H and O–H groups in total. The van der Waals surface area contributed by atoms with Crippen molar-refractivity contribution in [1.82, 2.24) is 0 Å². The number of nitrogens with zero attached hydrogens (tertiary/aromatic N) is 1. The first-order chi connectivity index (χ1) is 9.27. The lowest BCUT2D eigenvalue weighted by molar-refractivity contribution is -0.115. The van der Waals surface area contributed by atoms with Gasteiger partial charge in [-0.15, -0.1) is 0 Å². The maximum Gasteiger partial charge on any atom is 0.276 e. The van der Waals surface area contributed by atoms with E-state index in [1.165, 1.54) is 12.1 Å². The molecule has 1 rings (SSSR count). The molecule has 1 aromatic carbocycles. The summed E-state index contributed by atoms with van der Waals surface area (Å²) in [6, 6.07) is 6.66. The first kappa shape index (κ1) is 16.9. The number of hydrogen-bond acceptors (Lipinski definition) is 3. The minimum Gasteiger partial charge on any atom is -0.491 e. The molecule has 0 aromatic heterocycles. The van der Waals surface area contributed by atoms with Crippen LogP contribution >= 0.6 is 34.8 Å². The summed E-state index contributed by atoms with van der Waals surface area (Å²) in [5, 5.41) is 11.5.